The molecular formula is C39H42FN7O. The Morgan fingerprint density at radius 3 is 2.75 bits per heavy atom. The maximum Gasteiger partial charge on any atom is 0.228 e. The molecule has 1 amide bonds. The van der Waals surface area contributed by atoms with Crippen molar-refractivity contribution in [1.29, 1.82) is 0 Å². The summed E-state index contributed by atoms with van der Waals surface area (Å²) >= 11 is 0. The van der Waals surface area contributed by atoms with E-state index in [0.29, 0.717) is 48.5 Å². The van der Waals surface area contributed by atoms with Crippen molar-refractivity contribution in [1.82, 2.24) is 20.9 Å². The highest BCUT2D eigenvalue weighted by atomic mass is 19.1. The van der Waals surface area contributed by atoms with Crippen LogP contribution in [0.15, 0.2) is 124 Å². The first-order valence-corrected chi connectivity index (χ1v) is 17.0. The number of hydrogen-bond acceptors (Lipinski definition) is 7. The Labute approximate surface area is 281 Å². The van der Waals surface area contributed by atoms with E-state index in [2.05, 4.69) is 32.2 Å². The Morgan fingerprint density at radius 2 is 1.90 bits per heavy atom. The van der Waals surface area contributed by atoms with Crippen LogP contribution in [0.5, 0.6) is 0 Å². The number of benzene rings is 2. The van der Waals surface area contributed by atoms with Gasteiger partial charge in [-0.15, -0.1) is 0 Å². The summed E-state index contributed by atoms with van der Waals surface area (Å²) in [5.74, 6) is -0.466. The number of halogens is 1. The van der Waals surface area contributed by atoms with E-state index in [0.717, 1.165) is 64.8 Å². The molecule has 0 unspecified atom stereocenters. The van der Waals surface area contributed by atoms with Gasteiger partial charge in [-0.2, -0.15) is 0 Å². The molecule has 0 saturated carbocycles. The van der Waals surface area contributed by atoms with Gasteiger partial charge >= 0.3 is 0 Å². The number of allylic oxidation sites excluding steroid dienone is 8. The van der Waals surface area contributed by atoms with Gasteiger partial charge in [0.2, 0.25) is 5.91 Å². The third-order valence-corrected chi connectivity index (χ3v) is 9.16. The summed E-state index contributed by atoms with van der Waals surface area (Å²) in [7, 11) is 0. The topological polar surface area (TPSA) is 107 Å². The van der Waals surface area contributed by atoms with E-state index in [4.69, 9.17) is 10.7 Å². The van der Waals surface area contributed by atoms with Gasteiger partial charge in [-0.05, 0) is 79.7 Å². The standard InChI is InChI=1S/C39H42FN7O/c40-32-24-33-31(23-30(32)27-12-5-6-13-29(21-27)45-37(48)20-26-10-3-1-4-11-26)38(43-17-9-16-42-33)35-25-44-39-34(46-35)22-28(41)14-15-36(39)47-18-7-2-8-19-47/h1,3-4,6,10-15,21,23-25,42,44,46H,2,5,7-9,16-20,22,41H2,(H,45,48). The molecule has 5 aliphatic rings. The van der Waals surface area contributed by atoms with E-state index in [1.165, 1.54) is 19.3 Å². The second-order valence-electron chi connectivity index (χ2n) is 12.7. The first kappa shape index (κ1) is 31.3. The lowest BCUT2D eigenvalue weighted by molar-refractivity contribution is -0.119. The Morgan fingerprint density at radius 1 is 1.04 bits per heavy atom. The highest BCUT2D eigenvalue weighted by molar-refractivity contribution is 6.16. The molecular weight excluding hydrogens is 601 g/mol. The Balaban J connectivity index is 1.18. The number of nitrogens with one attached hydrogen (secondary N) is 4. The van der Waals surface area contributed by atoms with Crippen LogP contribution < -0.4 is 27.0 Å². The van der Waals surface area contributed by atoms with Gasteiger partial charge in [0.1, 0.15) is 5.82 Å². The summed E-state index contributed by atoms with van der Waals surface area (Å²) in [5.41, 5.74) is 16.2. The van der Waals surface area contributed by atoms with Crippen LogP contribution in [0.4, 0.5) is 10.1 Å². The van der Waals surface area contributed by atoms with Crippen molar-refractivity contribution in [2.24, 2.45) is 10.7 Å². The van der Waals surface area contributed by atoms with E-state index in [1.807, 2.05) is 73.0 Å². The van der Waals surface area contributed by atoms with Crippen molar-refractivity contribution in [3.63, 3.8) is 0 Å². The maximum atomic E-state index is 16.0. The van der Waals surface area contributed by atoms with E-state index >= 15 is 4.39 Å². The van der Waals surface area contributed by atoms with Crippen LogP contribution >= 0.6 is 0 Å². The summed E-state index contributed by atoms with van der Waals surface area (Å²) in [6.07, 6.45) is 19.6. The number of nitrogens with zero attached hydrogens (tertiary/aromatic N) is 2. The van der Waals surface area contributed by atoms with Gasteiger partial charge in [-0.3, -0.25) is 9.79 Å². The number of piperidine rings is 1. The van der Waals surface area contributed by atoms with Gasteiger partial charge < -0.3 is 31.9 Å². The largest absolute Gasteiger partial charge is 0.402 e. The molecule has 3 aliphatic heterocycles. The van der Waals surface area contributed by atoms with E-state index in [9.17, 15) is 4.79 Å². The van der Waals surface area contributed by atoms with Gasteiger partial charge in [-0.1, -0.05) is 42.5 Å². The van der Waals surface area contributed by atoms with Gasteiger partial charge in [0.15, 0.2) is 0 Å². The molecule has 7 rings (SSSR count). The average molecular weight is 644 g/mol. The van der Waals surface area contributed by atoms with Gasteiger partial charge in [0, 0.05) is 72.7 Å². The molecule has 2 aromatic carbocycles. The lowest BCUT2D eigenvalue weighted by Gasteiger charge is -2.34. The van der Waals surface area contributed by atoms with E-state index < -0.39 is 0 Å². The summed E-state index contributed by atoms with van der Waals surface area (Å²) in [5, 5.41) is 13.7. The van der Waals surface area contributed by atoms with Crippen LogP contribution in [0.25, 0.3) is 5.57 Å². The second-order valence-corrected chi connectivity index (χ2v) is 12.7. The van der Waals surface area contributed by atoms with Gasteiger partial charge in [0.25, 0.3) is 0 Å². The number of nitrogens with two attached hydrogens (primary N) is 1. The fourth-order valence-electron chi connectivity index (χ4n) is 6.77. The third kappa shape index (κ3) is 7.00. The summed E-state index contributed by atoms with van der Waals surface area (Å²) in [6, 6.07) is 13.1. The van der Waals surface area contributed by atoms with Crippen LogP contribution in [-0.2, 0) is 11.2 Å². The minimum Gasteiger partial charge on any atom is -0.402 e. The number of amides is 1. The zero-order valence-corrected chi connectivity index (χ0v) is 27.1. The molecule has 2 aromatic rings. The molecule has 0 aromatic heterocycles. The summed E-state index contributed by atoms with van der Waals surface area (Å²) in [4.78, 5) is 20.4. The summed E-state index contributed by atoms with van der Waals surface area (Å²) < 4.78 is 16.0. The first-order valence-electron chi connectivity index (χ1n) is 17.0. The molecule has 48 heavy (non-hydrogen) atoms. The van der Waals surface area contributed by atoms with Crippen molar-refractivity contribution in [3.05, 3.63) is 142 Å². The van der Waals surface area contributed by atoms with Gasteiger partial charge in [-0.25, -0.2) is 4.39 Å². The predicted molar refractivity (Wildman–Crippen MR) is 191 cm³/mol. The van der Waals surface area contributed by atoms with Gasteiger partial charge in [0.05, 0.1) is 29.2 Å². The average Bonchev–Trinajstić information content (AvgIpc) is 3.41. The zero-order chi connectivity index (χ0) is 32.9. The number of aliphatic imine (C=N–C) groups is 1. The summed E-state index contributed by atoms with van der Waals surface area (Å²) in [6.45, 7) is 3.36. The monoisotopic (exact) mass is 643 g/mol. The fourth-order valence-corrected chi connectivity index (χ4v) is 6.77. The van der Waals surface area contributed by atoms with Crippen LogP contribution in [-0.4, -0.2) is 42.7 Å². The SMILES string of the molecule is NC1=CC=C(N2CCCCC2)C2=C(C1)NC(C1=NCCCNc3cc(F)c(C4=CCC=CC(NC(=O)Cc5ccccc5)=C4)cc31)=CN2. The maximum absolute atomic E-state index is 16.0. The van der Waals surface area contributed by atoms with Crippen molar-refractivity contribution in [2.75, 3.05) is 31.5 Å². The quantitative estimate of drug-likeness (QED) is 0.269. The Hall–Kier alpha value is -5.31. The third-order valence-electron chi connectivity index (χ3n) is 9.16. The Kier molecular flexibility index (Phi) is 9.27. The lowest BCUT2D eigenvalue weighted by atomic mass is 9.95. The molecule has 1 fully saturated rings. The minimum atomic E-state index is -0.341. The van der Waals surface area contributed by atoms with Crippen LogP contribution in [0, 0.1) is 5.82 Å². The zero-order valence-electron chi connectivity index (χ0n) is 27.1. The second kappa shape index (κ2) is 14.2. The molecule has 1 saturated heterocycles. The number of carbonyl (C=O) groups is 1. The number of rotatable bonds is 6. The van der Waals surface area contributed by atoms with E-state index in [-0.39, 0.29) is 18.1 Å². The molecule has 0 radical (unpaired) electrons. The molecule has 0 spiro atoms. The number of anilines is 1. The van der Waals surface area contributed by atoms with Crippen molar-refractivity contribution < 1.29 is 9.18 Å². The van der Waals surface area contributed by atoms with E-state index in [1.54, 1.807) is 6.07 Å². The smallest absolute Gasteiger partial charge is 0.228 e. The molecule has 6 N–H and O–H groups in total. The molecule has 246 valence electrons. The number of likely N-dealkylation sites (tertiary alicyclic amines) is 1. The van der Waals surface area contributed by atoms with Crippen LogP contribution in [0.1, 0.15) is 55.2 Å². The highest BCUT2D eigenvalue weighted by Gasteiger charge is 2.27. The number of carbonyl (C=O) groups excluding carboxylic acids is 1. The van der Waals surface area contributed by atoms with Crippen molar-refractivity contribution in [2.45, 2.75) is 44.9 Å². The van der Waals surface area contributed by atoms with Crippen molar-refractivity contribution >= 4 is 22.9 Å². The number of hydrogen-bond donors (Lipinski definition) is 5. The van der Waals surface area contributed by atoms with Crippen LogP contribution in [0.2, 0.25) is 0 Å². The van der Waals surface area contributed by atoms with Crippen LogP contribution in [0.3, 0.4) is 0 Å². The highest BCUT2D eigenvalue weighted by Crippen LogP contribution is 2.33. The van der Waals surface area contributed by atoms with Crippen molar-refractivity contribution in [3.8, 4) is 0 Å². The normalized spacial score (nSPS) is 19.4. The molecule has 0 bridgehead atoms. The lowest BCUT2D eigenvalue weighted by Crippen LogP contribution is -2.37. The molecule has 9 heteroatoms. The molecule has 2 aliphatic carbocycles. The minimum absolute atomic E-state index is 0.126. The Bertz CT molecular complexity index is 1840. The fraction of sp³-hybridized carbons (Fsp3) is 0.282. The molecule has 3 heterocycles. The molecule has 8 nitrogen and oxygen atoms in total. The predicted octanol–water partition coefficient (Wildman–Crippen LogP) is 5.88. The first-order chi connectivity index (χ1) is 23.5. The number of fused-ring (bicyclic) bond motifs is 1. The molecule has 0 atom stereocenters.